The predicted molar refractivity (Wildman–Crippen MR) is 56.5 cm³/mol. The first kappa shape index (κ1) is 11.7. The van der Waals surface area contributed by atoms with Crippen molar-refractivity contribution in [1.29, 1.82) is 0 Å². The molecule has 0 amide bonds. The fraction of sp³-hybridized carbons (Fsp3) is 0.364. The average Bonchev–Trinajstić information content (AvgIpc) is 2.18. The first-order valence-electron chi connectivity index (χ1n) is 4.80. The molecule has 0 aliphatic carbocycles. The fourth-order valence-corrected chi connectivity index (χ4v) is 1.38. The Morgan fingerprint density at radius 1 is 1.40 bits per heavy atom. The van der Waals surface area contributed by atoms with Crippen molar-refractivity contribution in [3.63, 3.8) is 0 Å². The molecule has 4 N–H and O–H groups in total. The second-order valence-corrected chi connectivity index (χ2v) is 3.44. The molecule has 4 heteroatoms. The molecule has 1 rings (SSSR count). The third-order valence-electron chi connectivity index (χ3n) is 2.16. The predicted octanol–water partition coefficient (Wildman–Crippen LogP) is 0.176. The minimum Gasteiger partial charge on any atom is -0.480 e. The lowest BCUT2D eigenvalue weighted by Crippen LogP contribution is -2.32. The summed E-state index contributed by atoms with van der Waals surface area (Å²) < 4.78 is 0. The number of carbonyl (C=O) groups is 1. The molecule has 15 heavy (non-hydrogen) atoms. The first-order chi connectivity index (χ1) is 7.13. The van der Waals surface area contributed by atoms with Gasteiger partial charge >= 0.3 is 5.97 Å². The Bertz CT molecular complexity index is 338. The maximum Gasteiger partial charge on any atom is 0.320 e. The van der Waals surface area contributed by atoms with Crippen molar-refractivity contribution < 1.29 is 15.0 Å². The third-order valence-corrected chi connectivity index (χ3v) is 2.16. The standard InChI is InChI=1S/C11H15NO3/c12-10(11(14)15)7-9-3-1-2-8(6-9)4-5-13/h1-3,6,10,13H,4-5,7,12H2,(H,14,15). The zero-order chi connectivity index (χ0) is 11.3. The summed E-state index contributed by atoms with van der Waals surface area (Å²) in [6.45, 7) is 0.0917. The molecule has 0 saturated heterocycles. The Hall–Kier alpha value is -1.39. The monoisotopic (exact) mass is 209 g/mol. The molecular weight excluding hydrogens is 194 g/mol. The Kier molecular flexibility index (Phi) is 4.27. The number of aliphatic hydroxyl groups excluding tert-OH is 1. The summed E-state index contributed by atoms with van der Waals surface area (Å²) in [5.41, 5.74) is 7.30. The van der Waals surface area contributed by atoms with Gasteiger partial charge in [-0.3, -0.25) is 4.79 Å². The number of benzene rings is 1. The molecule has 0 spiro atoms. The molecule has 0 radical (unpaired) electrons. The van der Waals surface area contributed by atoms with Crippen LogP contribution in [-0.2, 0) is 17.6 Å². The number of rotatable bonds is 5. The summed E-state index contributed by atoms with van der Waals surface area (Å²) in [6.07, 6.45) is 0.894. The fourth-order valence-electron chi connectivity index (χ4n) is 1.38. The topological polar surface area (TPSA) is 83.5 Å². The summed E-state index contributed by atoms with van der Waals surface area (Å²) in [6, 6.07) is 6.58. The second-order valence-electron chi connectivity index (χ2n) is 3.44. The van der Waals surface area contributed by atoms with E-state index >= 15 is 0 Å². The van der Waals surface area contributed by atoms with Gasteiger partial charge in [0.15, 0.2) is 0 Å². The number of carboxylic acids is 1. The smallest absolute Gasteiger partial charge is 0.320 e. The highest BCUT2D eigenvalue weighted by molar-refractivity contribution is 5.73. The molecule has 1 atom stereocenters. The van der Waals surface area contributed by atoms with E-state index in [1.807, 2.05) is 24.3 Å². The quantitative estimate of drug-likeness (QED) is 0.645. The van der Waals surface area contributed by atoms with E-state index in [-0.39, 0.29) is 6.61 Å². The van der Waals surface area contributed by atoms with Crippen LogP contribution in [0.3, 0.4) is 0 Å². The Morgan fingerprint density at radius 3 is 2.67 bits per heavy atom. The van der Waals surface area contributed by atoms with Gasteiger partial charge in [0.2, 0.25) is 0 Å². The van der Waals surface area contributed by atoms with Gasteiger partial charge in [0.1, 0.15) is 6.04 Å². The summed E-state index contributed by atoms with van der Waals surface area (Å²) in [7, 11) is 0. The molecule has 0 heterocycles. The lowest BCUT2D eigenvalue weighted by molar-refractivity contribution is -0.138. The zero-order valence-electron chi connectivity index (χ0n) is 8.39. The molecule has 1 aromatic carbocycles. The minimum atomic E-state index is -0.998. The highest BCUT2D eigenvalue weighted by Crippen LogP contribution is 2.07. The Labute approximate surface area is 88.3 Å². The van der Waals surface area contributed by atoms with Gasteiger partial charge in [-0.05, 0) is 24.0 Å². The number of aliphatic carboxylic acids is 1. The van der Waals surface area contributed by atoms with Crippen LogP contribution in [0.4, 0.5) is 0 Å². The van der Waals surface area contributed by atoms with E-state index in [1.54, 1.807) is 0 Å². The summed E-state index contributed by atoms with van der Waals surface area (Å²) in [4.78, 5) is 10.5. The third kappa shape index (κ3) is 3.69. The number of carboxylic acid groups (broad SMARTS) is 1. The van der Waals surface area contributed by atoms with E-state index in [4.69, 9.17) is 15.9 Å². The van der Waals surface area contributed by atoms with Gasteiger partial charge in [-0.15, -0.1) is 0 Å². The van der Waals surface area contributed by atoms with Crippen molar-refractivity contribution in [2.45, 2.75) is 18.9 Å². The molecule has 0 aliphatic rings. The largest absolute Gasteiger partial charge is 0.480 e. The Balaban J connectivity index is 2.68. The molecule has 0 fully saturated rings. The Morgan fingerprint density at radius 2 is 2.07 bits per heavy atom. The first-order valence-corrected chi connectivity index (χ1v) is 4.80. The van der Waals surface area contributed by atoms with Crippen LogP contribution in [0.5, 0.6) is 0 Å². The van der Waals surface area contributed by atoms with Gasteiger partial charge in [0.25, 0.3) is 0 Å². The van der Waals surface area contributed by atoms with Crippen LogP contribution >= 0.6 is 0 Å². The van der Waals surface area contributed by atoms with Crippen molar-refractivity contribution in [3.8, 4) is 0 Å². The normalized spacial score (nSPS) is 12.4. The summed E-state index contributed by atoms with van der Waals surface area (Å²) >= 11 is 0. The van der Waals surface area contributed by atoms with Crippen molar-refractivity contribution in [3.05, 3.63) is 35.4 Å². The maximum absolute atomic E-state index is 10.5. The maximum atomic E-state index is 10.5. The molecule has 0 aliphatic heterocycles. The molecule has 0 bridgehead atoms. The van der Waals surface area contributed by atoms with E-state index in [0.29, 0.717) is 12.8 Å². The van der Waals surface area contributed by atoms with Gasteiger partial charge in [0, 0.05) is 6.61 Å². The van der Waals surface area contributed by atoms with Crippen molar-refractivity contribution in [2.24, 2.45) is 5.73 Å². The van der Waals surface area contributed by atoms with E-state index in [0.717, 1.165) is 11.1 Å². The lowest BCUT2D eigenvalue weighted by atomic mass is 10.0. The van der Waals surface area contributed by atoms with E-state index in [2.05, 4.69) is 0 Å². The van der Waals surface area contributed by atoms with E-state index < -0.39 is 12.0 Å². The van der Waals surface area contributed by atoms with Crippen LogP contribution in [0.25, 0.3) is 0 Å². The molecule has 1 aromatic rings. The van der Waals surface area contributed by atoms with Gasteiger partial charge < -0.3 is 15.9 Å². The van der Waals surface area contributed by atoms with Gasteiger partial charge in [-0.2, -0.15) is 0 Å². The average molecular weight is 209 g/mol. The van der Waals surface area contributed by atoms with Gasteiger partial charge in [-0.1, -0.05) is 24.3 Å². The summed E-state index contributed by atoms with van der Waals surface area (Å²) in [5.74, 6) is -0.998. The van der Waals surface area contributed by atoms with E-state index in [1.165, 1.54) is 0 Å². The number of aliphatic hydroxyl groups is 1. The van der Waals surface area contributed by atoms with Gasteiger partial charge in [-0.25, -0.2) is 0 Å². The van der Waals surface area contributed by atoms with Crippen LogP contribution in [0.2, 0.25) is 0 Å². The number of nitrogens with two attached hydrogens (primary N) is 1. The molecule has 1 unspecified atom stereocenters. The van der Waals surface area contributed by atoms with Crippen LogP contribution in [0.1, 0.15) is 11.1 Å². The second kappa shape index (κ2) is 5.48. The minimum absolute atomic E-state index is 0.0917. The molecular formula is C11H15NO3. The molecule has 4 nitrogen and oxygen atoms in total. The molecule has 0 aromatic heterocycles. The lowest BCUT2D eigenvalue weighted by Gasteiger charge is -2.07. The summed E-state index contributed by atoms with van der Waals surface area (Å²) in [5, 5.41) is 17.4. The number of hydrogen-bond donors (Lipinski definition) is 3. The van der Waals surface area contributed by atoms with E-state index in [9.17, 15) is 4.79 Å². The van der Waals surface area contributed by atoms with Crippen molar-refractivity contribution in [1.82, 2.24) is 0 Å². The zero-order valence-corrected chi connectivity index (χ0v) is 8.39. The molecule has 0 saturated carbocycles. The molecule has 82 valence electrons. The van der Waals surface area contributed by atoms with Crippen LogP contribution in [0.15, 0.2) is 24.3 Å². The van der Waals surface area contributed by atoms with Crippen LogP contribution < -0.4 is 5.73 Å². The van der Waals surface area contributed by atoms with Crippen LogP contribution in [0, 0.1) is 0 Å². The highest BCUT2D eigenvalue weighted by atomic mass is 16.4. The van der Waals surface area contributed by atoms with Crippen molar-refractivity contribution >= 4 is 5.97 Å². The van der Waals surface area contributed by atoms with Gasteiger partial charge in [0.05, 0.1) is 0 Å². The van der Waals surface area contributed by atoms with Crippen molar-refractivity contribution in [2.75, 3.05) is 6.61 Å². The number of hydrogen-bond acceptors (Lipinski definition) is 3. The van der Waals surface area contributed by atoms with Crippen LogP contribution in [-0.4, -0.2) is 28.8 Å². The highest BCUT2D eigenvalue weighted by Gasteiger charge is 2.11. The SMILES string of the molecule is NC(Cc1cccc(CCO)c1)C(=O)O.